The SMILES string of the molecule is CCCC1CCCC=[N+]1CC1CN(c2ccc(C#N)c3ncsc23)CC(C)O1. The van der Waals surface area contributed by atoms with Crippen LogP contribution in [0.5, 0.6) is 0 Å². The van der Waals surface area contributed by atoms with Crippen LogP contribution in [0.2, 0.25) is 0 Å². The molecule has 0 radical (unpaired) electrons. The van der Waals surface area contributed by atoms with Gasteiger partial charge >= 0.3 is 0 Å². The van der Waals surface area contributed by atoms with Gasteiger partial charge in [-0.15, -0.1) is 11.3 Å². The molecular formula is C22H29N4OS+. The quantitative estimate of drug-likeness (QED) is 0.710. The minimum atomic E-state index is 0.187. The van der Waals surface area contributed by atoms with Crippen molar-refractivity contribution in [3.63, 3.8) is 0 Å². The van der Waals surface area contributed by atoms with E-state index in [4.69, 9.17) is 4.74 Å². The number of hydrogen-bond donors (Lipinski definition) is 0. The molecule has 2 aliphatic heterocycles. The van der Waals surface area contributed by atoms with Crippen LogP contribution in [0.4, 0.5) is 5.69 Å². The fraction of sp³-hybridized carbons (Fsp3) is 0.591. The number of nitrogens with zero attached hydrogens (tertiary/aromatic N) is 4. The molecule has 148 valence electrons. The number of benzene rings is 1. The second-order valence-electron chi connectivity index (χ2n) is 8.00. The molecule has 0 bridgehead atoms. The fourth-order valence-corrected chi connectivity index (χ4v) is 5.50. The average molecular weight is 398 g/mol. The summed E-state index contributed by atoms with van der Waals surface area (Å²) >= 11 is 1.62. The van der Waals surface area contributed by atoms with Crippen molar-refractivity contribution in [3.8, 4) is 6.07 Å². The van der Waals surface area contributed by atoms with Gasteiger partial charge in [-0.25, -0.2) is 9.56 Å². The number of thiazole rings is 1. The van der Waals surface area contributed by atoms with Gasteiger partial charge in [0.25, 0.3) is 0 Å². The second kappa shape index (κ2) is 8.59. The third kappa shape index (κ3) is 3.92. The number of nitriles is 1. The highest BCUT2D eigenvalue weighted by Crippen LogP contribution is 2.33. The van der Waals surface area contributed by atoms with Gasteiger partial charge in [0.05, 0.1) is 34.1 Å². The smallest absolute Gasteiger partial charge is 0.170 e. The summed E-state index contributed by atoms with van der Waals surface area (Å²) in [5, 5.41) is 9.36. The Kier molecular flexibility index (Phi) is 5.93. The lowest BCUT2D eigenvalue weighted by Crippen LogP contribution is -2.51. The van der Waals surface area contributed by atoms with Crippen molar-refractivity contribution in [2.75, 3.05) is 24.5 Å². The maximum Gasteiger partial charge on any atom is 0.170 e. The van der Waals surface area contributed by atoms with E-state index in [1.54, 1.807) is 11.3 Å². The van der Waals surface area contributed by atoms with E-state index in [9.17, 15) is 5.26 Å². The molecule has 0 amide bonds. The number of aromatic nitrogens is 1. The van der Waals surface area contributed by atoms with E-state index in [-0.39, 0.29) is 12.2 Å². The molecule has 4 rings (SSSR count). The van der Waals surface area contributed by atoms with Crippen LogP contribution in [0.15, 0.2) is 17.6 Å². The normalized spacial score (nSPS) is 25.5. The Labute approximate surface area is 171 Å². The third-order valence-corrected chi connectivity index (χ3v) is 6.71. The molecule has 1 aromatic heterocycles. The van der Waals surface area contributed by atoms with Crippen LogP contribution in [0.25, 0.3) is 10.2 Å². The maximum absolute atomic E-state index is 9.36. The first kappa shape index (κ1) is 19.4. The van der Waals surface area contributed by atoms with Crippen molar-refractivity contribution < 1.29 is 9.31 Å². The summed E-state index contributed by atoms with van der Waals surface area (Å²) in [6.45, 7) is 7.16. The molecule has 2 aliphatic rings. The van der Waals surface area contributed by atoms with Gasteiger partial charge in [0, 0.05) is 25.8 Å². The predicted molar refractivity (Wildman–Crippen MR) is 115 cm³/mol. The Morgan fingerprint density at radius 3 is 3.11 bits per heavy atom. The summed E-state index contributed by atoms with van der Waals surface area (Å²) in [6, 6.07) is 6.92. The molecule has 6 heteroatoms. The predicted octanol–water partition coefficient (Wildman–Crippen LogP) is 4.20. The zero-order chi connectivity index (χ0) is 19.5. The fourth-order valence-electron chi connectivity index (χ4n) is 4.65. The molecule has 3 unspecified atom stereocenters. The minimum Gasteiger partial charge on any atom is -0.365 e. The molecule has 1 fully saturated rings. The van der Waals surface area contributed by atoms with Gasteiger partial charge in [-0.2, -0.15) is 5.26 Å². The molecular weight excluding hydrogens is 368 g/mol. The lowest BCUT2D eigenvalue weighted by Gasteiger charge is -2.38. The number of rotatable bonds is 5. The van der Waals surface area contributed by atoms with Gasteiger partial charge in [-0.1, -0.05) is 6.92 Å². The Hall–Kier alpha value is -1.97. The largest absolute Gasteiger partial charge is 0.365 e. The lowest BCUT2D eigenvalue weighted by atomic mass is 10.0. The van der Waals surface area contributed by atoms with Crippen molar-refractivity contribution in [3.05, 3.63) is 23.2 Å². The van der Waals surface area contributed by atoms with E-state index < -0.39 is 0 Å². The van der Waals surface area contributed by atoms with Crippen molar-refractivity contribution in [2.45, 2.75) is 64.2 Å². The van der Waals surface area contributed by atoms with E-state index in [1.165, 1.54) is 37.8 Å². The summed E-state index contributed by atoms with van der Waals surface area (Å²) in [5.74, 6) is 0. The van der Waals surface area contributed by atoms with E-state index in [2.05, 4.69) is 46.7 Å². The third-order valence-electron chi connectivity index (χ3n) is 5.86. The van der Waals surface area contributed by atoms with Crippen LogP contribution in [-0.2, 0) is 4.74 Å². The number of morpholine rings is 1. The first-order valence-electron chi connectivity index (χ1n) is 10.4. The van der Waals surface area contributed by atoms with Crippen LogP contribution in [0.3, 0.4) is 0 Å². The summed E-state index contributed by atoms with van der Waals surface area (Å²) in [6.07, 6.45) is 9.07. The molecule has 0 aliphatic carbocycles. The molecule has 0 spiro atoms. The van der Waals surface area contributed by atoms with E-state index in [1.807, 2.05) is 11.6 Å². The van der Waals surface area contributed by atoms with Crippen molar-refractivity contribution in [2.24, 2.45) is 0 Å². The highest BCUT2D eigenvalue weighted by molar-refractivity contribution is 7.17. The minimum absolute atomic E-state index is 0.187. The van der Waals surface area contributed by atoms with Gasteiger partial charge in [0.15, 0.2) is 12.6 Å². The summed E-state index contributed by atoms with van der Waals surface area (Å²) in [5.41, 5.74) is 4.51. The summed E-state index contributed by atoms with van der Waals surface area (Å²) in [7, 11) is 0. The Morgan fingerprint density at radius 1 is 1.39 bits per heavy atom. The number of hydrogen-bond acceptors (Lipinski definition) is 5. The molecule has 28 heavy (non-hydrogen) atoms. The van der Waals surface area contributed by atoms with Gasteiger partial charge in [0.1, 0.15) is 23.9 Å². The molecule has 0 saturated carbocycles. The summed E-state index contributed by atoms with van der Waals surface area (Å²) in [4.78, 5) is 6.86. The first-order valence-corrected chi connectivity index (χ1v) is 11.3. The number of anilines is 1. The highest BCUT2D eigenvalue weighted by atomic mass is 32.1. The Bertz CT molecular complexity index is 900. The van der Waals surface area contributed by atoms with Crippen molar-refractivity contribution >= 4 is 33.5 Å². The van der Waals surface area contributed by atoms with Crippen molar-refractivity contribution in [1.82, 2.24) is 4.98 Å². The van der Waals surface area contributed by atoms with Crippen LogP contribution < -0.4 is 4.90 Å². The molecule has 5 nitrogen and oxygen atoms in total. The Balaban J connectivity index is 1.55. The van der Waals surface area contributed by atoms with Crippen LogP contribution in [0.1, 0.15) is 51.5 Å². The monoisotopic (exact) mass is 397 g/mol. The lowest BCUT2D eigenvalue weighted by molar-refractivity contribution is -0.577. The average Bonchev–Trinajstić information content (AvgIpc) is 3.18. The Morgan fingerprint density at radius 2 is 2.29 bits per heavy atom. The maximum atomic E-state index is 9.36. The van der Waals surface area contributed by atoms with E-state index in [0.29, 0.717) is 11.6 Å². The van der Waals surface area contributed by atoms with Gasteiger partial charge in [-0.3, -0.25) is 0 Å². The van der Waals surface area contributed by atoms with Crippen molar-refractivity contribution in [1.29, 1.82) is 5.26 Å². The van der Waals surface area contributed by atoms with Gasteiger partial charge in [0.2, 0.25) is 0 Å². The van der Waals surface area contributed by atoms with Crippen LogP contribution in [-0.4, -0.2) is 53.7 Å². The van der Waals surface area contributed by atoms with E-state index in [0.717, 1.165) is 29.9 Å². The molecule has 3 heterocycles. The van der Waals surface area contributed by atoms with Gasteiger partial charge in [-0.05, 0) is 31.9 Å². The summed E-state index contributed by atoms with van der Waals surface area (Å²) < 4.78 is 10.00. The zero-order valence-corrected chi connectivity index (χ0v) is 17.6. The van der Waals surface area contributed by atoms with Gasteiger partial charge < -0.3 is 9.64 Å². The molecule has 3 atom stereocenters. The first-order chi connectivity index (χ1) is 13.7. The number of fused-ring (bicyclic) bond motifs is 1. The molecule has 1 aromatic carbocycles. The molecule has 0 N–H and O–H groups in total. The van der Waals surface area contributed by atoms with Crippen LogP contribution >= 0.6 is 11.3 Å². The molecule has 2 aromatic rings. The standard InChI is InChI=1S/C22H29N4OS/c1-3-6-18-7-4-5-10-25(18)13-19-14-26(12-16(2)27-19)20-9-8-17(11-23)21-22(20)28-15-24-21/h8-10,15-16,18-19H,3-7,12-14H2,1-2H3/q+1. The van der Waals surface area contributed by atoms with Crippen LogP contribution in [0, 0.1) is 11.3 Å². The second-order valence-corrected chi connectivity index (χ2v) is 8.86. The van der Waals surface area contributed by atoms with E-state index >= 15 is 0 Å². The molecule has 1 saturated heterocycles. The topological polar surface area (TPSA) is 52.2 Å². The highest BCUT2D eigenvalue weighted by Gasteiger charge is 2.32. The zero-order valence-electron chi connectivity index (χ0n) is 16.8. The number of ether oxygens (including phenoxy) is 1.